The summed E-state index contributed by atoms with van der Waals surface area (Å²) >= 11 is 9.54. The molecule has 0 saturated carbocycles. The Labute approximate surface area is 127 Å². The summed E-state index contributed by atoms with van der Waals surface area (Å²) in [5.74, 6) is 1.32. The zero-order chi connectivity index (χ0) is 14.0. The summed E-state index contributed by atoms with van der Waals surface area (Å²) in [5.41, 5.74) is 1.90. The molecule has 0 fully saturated rings. The van der Waals surface area contributed by atoms with E-state index < -0.39 is 0 Å². The van der Waals surface area contributed by atoms with Crippen molar-refractivity contribution >= 4 is 38.7 Å². The summed E-state index contributed by atoms with van der Waals surface area (Å²) in [5, 5.41) is 0. The molecule has 2 aromatic heterocycles. The van der Waals surface area contributed by atoms with E-state index in [-0.39, 0.29) is 5.54 Å². The van der Waals surface area contributed by atoms with Gasteiger partial charge in [-0.05, 0) is 41.3 Å². The molecule has 0 saturated heterocycles. The molecule has 3 nitrogen and oxygen atoms in total. The third kappa shape index (κ3) is 2.40. The number of hydrogen-bond acceptors (Lipinski definition) is 2. The van der Waals surface area contributed by atoms with Crippen molar-refractivity contribution < 1.29 is 0 Å². The number of aromatic nitrogens is 3. The molecule has 2 heterocycles. The lowest BCUT2D eigenvalue weighted by molar-refractivity contribution is 0.251. The summed E-state index contributed by atoms with van der Waals surface area (Å²) in [6, 6.07) is 2.00. The Balaban J connectivity index is 2.76. The van der Waals surface area contributed by atoms with E-state index in [2.05, 4.69) is 51.2 Å². The Bertz CT molecular complexity index is 567. The Morgan fingerprint density at radius 2 is 1.89 bits per heavy atom. The lowest BCUT2D eigenvalue weighted by atomic mass is 9.89. The van der Waals surface area contributed by atoms with Crippen molar-refractivity contribution in [3.63, 3.8) is 0 Å². The second kappa shape index (κ2) is 5.80. The quantitative estimate of drug-likeness (QED) is 0.725. The number of nitrogens with zero attached hydrogens (tertiary/aromatic N) is 3. The van der Waals surface area contributed by atoms with Gasteiger partial charge in [0, 0.05) is 16.2 Å². The van der Waals surface area contributed by atoms with E-state index in [1.165, 1.54) is 0 Å². The normalized spacial score (nSPS) is 12.3. The lowest BCUT2D eigenvalue weighted by Gasteiger charge is -2.34. The second-order valence-corrected chi connectivity index (χ2v) is 5.96. The van der Waals surface area contributed by atoms with Crippen LogP contribution in [0.3, 0.4) is 0 Å². The van der Waals surface area contributed by atoms with Gasteiger partial charge in [0.1, 0.15) is 11.3 Å². The number of halogens is 2. The van der Waals surface area contributed by atoms with E-state index in [0.717, 1.165) is 40.7 Å². The van der Waals surface area contributed by atoms with Crippen molar-refractivity contribution in [3.05, 3.63) is 22.6 Å². The first-order chi connectivity index (χ1) is 9.11. The van der Waals surface area contributed by atoms with Gasteiger partial charge in [-0.25, -0.2) is 9.97 Å². The predicted molar refractivity (Wildman–Crippen MR) is 83.6 cm³/mol. The van der Waals surface area contributed by atoms with Crippen LogP contribution in [0.1, 0.15) is 45.9 Å². The molecule has 0 bridgehead atoms. The van der Waals surface area contributed by atoms with Crippen LogP contribution in [0.4, 0.5) is 0 Å². The van der Waals surface area contributed by atoms with Crippen LogP contribution in [0.5, 0.6) is 0 Å². The molecule has 0 N–H and O–H groups in total. The number of fused-ring (bicyclic) bond motifs is 1. The molecule has 104 valence electrons. The van der Waals surface area contributed by atoms with Gasteiger partial charge in [-0.1, -0.05) is 20.8 Å². The highest BCUT2D eigenvalue weighted by Gasteiger charge is 2.30. The SMILES string of the molecule is CCC(CC)(CC)n1c(CCl)nc2cc(Br)cnc21. The molecule has 0 spiro atoms. The van der Waals surface area contributed by atoms with E-state index >= 15 is 0 Å². The largest absolute Gasteiger partial charge is 0.305 e. The van der Waals surface area contributed by atoms with E-state index in [0.29, 0.717) is 5.88 Å². The van der Waals surface area contributed by atoms with E-state index in [4.69, 9.17) is 11.6 Å². The Morgan fingerprint density at radius 1 is 1.26 bits per heavy atom. The molecule has 0 atom stereocenters. The minimum absolute atomic E-state index is 0.0554. The molecule has 0 aromatic carbocycles. The molecule has 0 unspecified atom stereocenters. The van der Waals surface area contributed by atoms with Gasteiger partial charge in [0.25, 0.3) is 0 Å². The fourth-order valence-corrected chi connectivity index (χ4v) is 3.30. The van der Waals surface area contributed by atoms with Crippen LogP contribution in [-0.2, 0) is 11.4 Å². The molecule has 5 heteroatoms. The minimum atomic E-state index is 0.0554. The molecular formula is C14H19BrClN3. The average molecular weight is 345 g/mol. The second-order valence-electron chi connectivity index (χ2n) is 4.78. The van der Waals surface area contributed by atoms with Crippen molar-refractivity contribution in [3.8, 4) is 0 Å². The fraction of sp³-hybridized carbons (Fsp3) is 0.571. The maximum Gasteiger partial charge on any atom is 0.160 e. The van der Waals surface area contributed by atoms with Gasteiger partial charge in [-0.3, -0.25) is 0 Å². The summed E-state index contributed by atoms with van der Waals surface area (Å²) in [7, 11) is 0. The van der Waals surface area contributed by atoms with E-state index in [1.807, 2.05) is 12.3 Å². The van der Waals surface area contributed by atoms with Crippen LogP contribution in [0, 0.1) is 0 Å². The molecule has 19 heavy (non-hydrogen) atoms. The first kappa shape index (κ1) is 14.8. The summed E-state index contributed by atoms with van der Waals surface area (Å²) in [6.45, 7) is 6.65. The van der Waals surface area contributed by atoms with Gasteiger partial charge < -0.3 is 4.57 Å². The van der Waals surface area contributed by atoms with Crippen LogP contribution in [-0.4, -0.2) is 14.5 Å². The lowest BCUT2D eigenvalue weighted by Crippen LogP contribution is -2.33. The van der Waals surface area contributed by atoms with Crippen molar-refractivity contribution in [2.45, 2.75) is 51.5 Å². The van der Waals surface area contributed by atoms with Gasteiger partial charge in [0.15, 0.2) is 5.65 Å². The molecule has 2 rings (SSSR count). The number of imidazole rings is 1. The Morgan fingerprint density at radius 3 is 2.42 bits per heavy atom. The highest BCUT2D eigenvalue weighted by molar-refractivity contribution is 9.10. The molecule has 0 aliphatic carbocycles. The number of hydrogen-bond donors (Lipinski definition) is 0. The topological polar surface area (TPSA) is 30.7 Å². The van der Waals surface area contributed by atoms with Crippen LogP contribution < -0.4 is 0 Å². The average Bonchev–Trinajstić information content (AvgIpc) is 2.80. The molecule has 0 aliphatic heterocycles. The summed E-state index contributed by atoms with van der Waals surface area (Å²) in [6.07, 6.45) is 4.97. The highest BCUT2D eigenvalue weighted by atomic mass is 79.9. The van der Waals surface area contributed by atoms with Crippen LogP contribution in [0.2, 0.25) is 0 Å². The monoisotopic (exact) mass is 343 g/mol. The van der Waals surface area contributed by atoms with E-state index in [1.54, 1.807) is 0 Å². The first-order valence-electron chi connectivity index (χ1n) is 6.71. The fourth-order valence-electron chi connectivity index (χ4n) is 2.80. The van der Waals surface area contributed by atoms with Gasteiger partial charge in [-0.15, -0.1) is 11.6 Å². The number of pyridine rings is 1. The summed E-state index contributed by atoms with van der Waals surface area (Å²) < 4.78 is 3.20. The first-order valence-corrected chi connectivity index (χ1v) is 8.04. The maximum atomic E-state index is 6.10. The number of rotatable bonds is 5. The molecule has 0 aliphatic rings. The third-order valence-corrected chi connectivity index (χ3v) is 4.77. The van der Waals surface area contributed by atoms with Crippen molar-refractivity contribution in [1.29, 1.82) is 0 Å². The van der Waals surface area contributed by atoms with Crippen molar-refractivity contribution in [2.75, 3.05) is 0 Å². The van der Waals surface area contributed by atoms with Crippen LogP contribution in [0.25, 0.3) is 11.2 Å². The maximum absolute atomic E-state index is 6.10. The third-order valence-electron chi connectivity index (χ3n) is 4.10. The zero-order valence-corrected chi connectivity index (χ0v) is 13.9. The van der Waals surface area contributed by atoms with Crippen molar-refractivity contribution in [1.82, 2.24) is 14.5 Å². The Kier molecular flexibility index (Phi) is 4.51. The van der Waals surface area contributed by atoms with Gasteiger partial charge in [0.2, 0.25) is 0 Å². The molecule has 0 radical (unpaired) electrons. The van der Waals surface area contributed by atoms with Crippen LogP contribution in [0.15, 0.2) is 16.7 Å². The Hall–Kier alpha value is -0.610. The van der Waals surface area contributed by atoms with Gasteiger partial charge >= 0.3 is 0 Å². The smallest absolute Gasteiger partial charge is 0.160 e. The van der Waals surface area contributed by atoms with Gasteiger partial charge in [0.05, 0.1) is 5.88 Å². The van der Waals surface area contributed by atoms with Gasteiger partial charge in [-0.2, -0.15) is 0 Å². The minimum Gasteiger partial charge on any atom is -0.305 e. The molecule has 0 amide bonds. The van der Waals surface area contributed by atoms with Crippen LogP contribution >= 0.6 is 27.5 Å². The summed E-state index contributed by atoms with van der Waals surface area (Å²) in [4.78, 5) is 9.19. The van der Waals surface area contributed by atoms with E-state index in [9.17, 15) is 0 Å². The molecule has 2 aromatic rings. The highest BCUT2D eigenvalue weighted by Crippen LogP contribution is 2.34. The molecular weight excluding hydrogens is 326 g/mol. The predicted octanol–water partition coefficient (Wildman–Crippen LogP) is 4.86. The zero-order valence-electron chi connectivity index (χ0n) is 11.6. The number of alkyl halides is 1. The standard InChI is InChI=1S/C14H19BrClN3/c1-4-14(5-2,6-3)19-12(8-16)18-11-7-10(15)9-17-13(11)19/h7,9H,4-6,8H2,1-3H3. The van der Waals surface area contributed by atoms with Crippen molar-refractivity contribution in [2.24, 2.45) is 0 Å².